The number of phenols is 1. The molecule has 6 aromatic rings. The van der Waals surface area contributed by atoms with Crippen LogP contribution in [0.1, 0.15) is 22.5 Å². The fourth-order valence-electron chi connectivity index (χ4n) is 7.01. The van der Waals surface area contributed by atoms with Gasteiger partial charge in [-0.15, -0.1) is 0 Å². The van der Waals surface area contributed by atoms with Crippen molar-refractivity contribution in [3.05, 3.63) is 138 Å². The van der Waals surface area contributed by atoms with E-state index in [4.69, 9.17) is 4.52 Å². The Morgan fingerprint density at radius 3 is 2.53 bits per heavy atom. The van der Waals surface area contributed by atoms with E-state index in [1.165, 1.54) is 5.01 Å². The first-order chi connectivity index (χ1) is 25.9. The van der Waals surface area contributed by atoms with Gasteiger partial charge < -0.3 is 24.7 Å². The second kappa shape index (κ2) is 14.5. The van der Waals surface area contributed by atoms with Gasteiger partial charge >= 0.3 is 6.03 Å². The van der Waals surface area contributed by atoms with E-state index in [9.17, 15) is 19.5 Å². The van der Waals surface area contributed by atoms with Gasteiger partial charge in [-0.2, -0.15) is 5.01 Å². The average Bonchev–Trinajstić information content (AvgIpc) is 3.66. The Hall–Kier alpha value is -6.67. The average molecular weight is 710 g/mol. The van der Waals surface area contributed by atoms with Crippen molar-refractivity contribution >= 4 is 28.7 Å². The number of aromatic hydroxyl groups is 1. The third-order valence-corrected chi connectivity index (χ3v) is 9.51. The number of hydrogen-bond acceptors (Lipinski definition) is 10. The second-order valence-electron chi connectivity index (χ2n) is 13.0. The van der Waals surface area contributed by atoms with Gasteiger partial charge in [0, 0.05) is 49.6 Å². The number of urea groups is 1. The number of carbonyl (C=O) groups excluding carboxylic acids is 3. The van der Waals surface area contributed by atoms with Crippen LogP contribution in [0.15, 0.2) is 120 Å². The number of aromatic nitrogens is 4. The van der Waals surface area contributed by atoms with E-state index in [1.54, 1.807) is 69.9 Å². The molecule has 2 aliphatic heterocycles. The summed E-state index contributed by atoms with van der Waals surface area (Å²) in [6.07, 6.45) is 5.72. The molecule has 4 amide bonds. The largest absolute Gasteiger partial charge is 0.508 e. The van der Waals surface area contributed by atoms with Gasteiger partial charge in [-0.25, -0.2) is 9.80 Å². The lowest BCUT2D eigenvalue weighted by atomic mass is 9.98. The Morgan fingerprint density at radius 1 is 0.868 bits per heavy atom. The second-order valence-corrected chi connectivity index (χ2v) is 13.0. The highest BCUT2D eigenvalue weighted by Crippen LogP contribution is 2.31. The van der Waals surface area contributed by atoms with Gasteiger partial charge in [0.1, 0.15) is 29.3 Å². The highest BCUT2D eigenvalue weighted by Gasteiger charge is 2.51. The van der Waals surface area contributed by atoms with E-state index in [0.717, 1.165) is 27.6 Å². The van der Waals surface area contributed by atoms with E-state index in [0.29, 0.717) is 17.1 Å². The zero-order chi connectivity index (χ0) is 36.3. The number of hydrazine groups is 1. The molecule has 3 aromatic carbocycles. The number of fused-ring (bicyclic) bond motifs is 2. The molecule has 14 nitrogen and oxygen atoms in total. The van der Waals surface area contributed by atoms with Crippen LogP contribution in [0.25, 0.3) is 22.3 Å². The number of hydrogen-bond donors (Lipinski definition) is 2. The fourth-order valence-corrected chi connectivity index (χ4v) is 7.01. The first kappa shape index (κ1) is 33.5. The lowest BCUT2D eigenvalue weighted by Crippen LogP contribution is -2.76. The van der Waals surface area contributed by atoms with E-state index in [-0.39, 0.29) is 56.7 Å². The highest BCUT2D eigenvalue weighted by atomic mass is 16.5. The summed E-state index contributed by atoms with van der Waals surface area (Å²) in [7, 11) is 0. The molecule has 2 N–H and O–H groups in total. The van der Waals surface area contributed by atoms with E-state index in [1.807, 2.05) is 60.7 Å². The number of nitrogens with zero attached hydrogens (tertiary/aromatic N) is 8. The first-order valence-corrected chi connectivity index (χ1v) is 17.2. The molecule has 0 spiro atoms. The number of benzene rings is 3. The Labute approximate surface area is 304 Å². The van der Waals surface area contributed by atoms with Crippen molar-refractivity contribution in [3.63, 3.8) is 0 Å². The Morgan fingerprint density at radius 2 is 1.72 bits per heavy atom. The zero-order valence-electron chi connectivity index (χ0n) is 28.5. The molecule has 0 aliphatic carbocycles. The van der Waals surface area contributed by atoms with E-state index >= 15 is 0 Å². The molecular weight excluding hydrogens is 674 g/mol. The summed E-state index contributed by atoms with van der Waals surface area (Å²) in [6, 6.07) is 26.0. The minimum absolute atomic E-state index is 0.0354. The van der Waals surface area contributed by atoms with Gasteiger partial charge in [-0.05, 0) is 41.0 Å². The predicted molar refractivity (Wildman–Crippen MR) is 192 cm³/mol. The summed E-state index contributed by atoms with van der Waals surface area (Å²) >= 11 is 0. The van der Waals surface area contributed by atoms with Crippen molar-refractivity contribution in [2.45, 2.75) is 38.3 Å². The molecule has 14 heteroatoms. The summed E-state index contributed by atoms with van der Waals surface area (Å²) in [5, 5.41) is 21.2. The van der Waals surface area contributed by atoms with Crippen molar-refractivity contribution in [1.29, 1.82) is 0 Å². The van der Waals surface area contributed by atoms with Crippen LogP contribution in [0.2, 0.25) is 0 Å². The van der Waals surface area contributed by atoms with Crippen LogP contribution in [-0.4, -0.2) is 88.2 Å². The van der Waals surface area contributed by atoms with Crippen LogP contribution < -0.4 is 5.32 Å². The highest BCUT2D eigenvalue weighted by molar-refractivity contribution is 5.92. The molecule has 3 aromatic heterocycles. The van der Waals surface area contributed by atoms with Crippen molar-refractivity contribution in [2.75, 3.05) is 13.1 Å². The molecule has 53 heavy (non-hydrogen) atoms. The Balaban J connectivity index is 1.16. The summed E-state index contributed by atoms with van der Waals surface area (Å²) in [5.74, 6) is -0.0681. The fraction of sp³-hybridized carbons (Fsp3) is 0.205. The van der Waals surface area contributed by atoms with Crippen LogP contribution >= 0.6 is 0 Å². The summed E-state index contributed by atoms with van der Waals surface area (Å²) in [6.45, 7) is 0.351. The number of piperazine rings is 1. The molecule has 2 atom stereocenters. The van der Waals surface area contributed by atoms with Gasteiger partial charge in [-0.1, -0.05) is 65.8 Å². The Kier molecular flexibility index (Phi) is 9.17. The molecule has 0 saturated carbocycles. The lowest BCUT2D eigenvalue weighted by molar-refractivity contribution is -0.193. The number of pyridine rings is 1. The first-order valence-electron chi connectivity index (χ1n) is 17.2. The van der Waals surface area contributed by atoms with Crippen molar-refractivity contribution in [1.82, 2.24) is 45.2 Å². The van der Waals surface area contributed by atoms with Crippen LogP contribution in [0.3, 0.4) is 0 Å². The van der Waals surface area contributed by atoms with Crippen molar-refractivity contribution in [2.24, 2.45) is 0 Å². The predicted octanol–water partition coefficient (Wildman–Crippen LogP) is 4.14. The number of amides is 4. The standard InChI is InChI=1S/C39H35N9O5/c49-29-13-11-26(12-14-29)18-35-38(51)45(22-28-8-4-10-32-31(28)9-5-15-41-32)24-36-47(35)37(50)25-46(48(36)39(52)43-20-27-6-2-1-3-7-27)23-30-19-33(44-53-30)34-21-40-16-17-42-34/h1-17,19,21,35-36,49H,18,20,22-25H2,(H,43,52). The molecule has 0 radical (unpaired) electrons. The SMILES string of the molecule is O=C1C(Cc2ccc(O)cc2)N2C(=O)CN(Cc3cc(-c4cnccn4)no3)N(C(=O)NCc3ccccc3)C2CN1Cc1cccc2ncccc12. The van der Waals surface area contributed by atoms with Crippen LogP contribution in [0.5, 0.6) is 5.75 Å². The zero-order valence-corrected chi connectivity index (χ0v) is 28.5. The third-order valence-electron chi connectivity index (χ3n) is 9.51. The molecule has 266 valence electrons. The van der Waals surface area contributed by atoms with Gasteiger partial charge in [0.2, 0.25) is 11.8 Å². The minimum Gasteiger partial charge on any atom is -0.508 e. The molecule has 5 heterocycles. The molecule has 8 rings (SSSR count). The van der Waals surface area contributed by atoms with Gasteiger partial charge in [0.15, 0.2) is 5.76 Å². The lowest BCUT2D eigenvalue weighted by Gasteiger charge is -2.55. The number of rotatable bonds is 9. The number of carbonyl (C=O) groups is 3. The number of phenolic OH excluding ortho intramolecular Hbond substituents is 1. The summed E-state index contributed by atoms with van der Waals surface area (Å²) in [5.41, 5.74) is 4.32. The molecule has 2 aliphatic rings. The number of nitrogens with one attached hydrogen (secondary N) is 1. The minimum atomic E-state index is -0.931. The Bertz CT molecular complexity index is 2250. The van der Waals surface area contributed by atoms with Crippen LogP contribution in [0, 0.1) is 0 Å². The topological polar surface area (TPSA) is 161 Å². The summed E-state index contributed by atoms with van der Waals surface area (Å²) < 4.78 is 5.68. The molecular formula is C39H35N9O5. The maximum Gasteiger partial charge on any atom is 0.334 e. The molecule has 2 unspecified atom stereocenters. The smallest absolute Gasteiger partial charge is 0.334 e. The van der Waals surface area contributed by atoms with Crippen molar-refractivity contribution < 1.29 is 24.0 Å². The third kappa shape index (κ3) is 6.99. The summed E-state index contributed by atoms with van der Waals surface area (Å²) in [4.78, 5) is 59.4. The van der Waals surface area contributed by atoms with Crippen molar-refractivity contribution in [3.8, 4) is 17.1 Å². The van der Waals surface area contributed by atoms with Gasteiger partial charge in [0.05, 0.1) is 31.3 Å². The molecule has 0 bridgehead atoms. The van der Waals surface area contributed by atoms with E-state index < -0.39 is 18.2 Å². The van der Waals surface area contributed by atoms with Crippen LogP contribution in [0.4, 0.5) is 4.79 Å². The monoisotopic (exact) mass is 709 g/mol. The van der Waals surface area contributed by atoms with Gasteiger partial charge in [0.25, 0.3) is 0 Å². The molecule has 2 saturated heterocycles. The maximum absolute atomic E-state index is 14.5. The van der Waals surface area contributed by atoms with E-state index in [2.05, 4.69) is 25.4 Å². The molecule has 2 fully saturated rings. The van der Waals surface area contributed by atoms with Crippen LogP contribution in [-0.2, 0) is 35.6 Å². The normalized spacial score (nSPS) is 17.6. The van der Waals surface area contributed by atoms with Gasteiger partial charge in [-0.3, -0.25) is 24.5 Å². The quantitative estimate of drug-likeness (QED) is 0.223. The maximum atomic E-state index is 14.5.